The summed E-state index contributed by atoms with van der Waals surface area (Å²) in [7, 11) is 0. The van der Waals surface area contributed by atoms with Crippen LogP contribution in [-0.2, 0) is 26.2 Å². The Morgan fingerprint density at radius 2 is 1.73 bits per heavy atom. The molecule has 0 fully saturated rings. The maximum absolute atomic E-state index is 3.19. The number of hydrogen-bond acceptors (Lipinski definition) is 0. The van der Waals surface area contributed by atoms with Crippen molar-refractivity contribution in [1.29, 1.82) is 0 Å². The number of halogens is 1. The van der Waals surface area contributed by atoms with E-state index in [-0.39, 0.29) is 60.5 Å². The second-order valence-electron chi connectivity index (χ2n) is 1.89. The molecule has 0 aromatic rings. The van der Waals surface area contributed by atoms with Crippen molar-refractivity contribution in [2.45, 2.75) is 20.3 Å². The van der Waals surface area contributed by atoms with E-state index in [9.17, 15) is 0 Å². The van der Waals surface area contributed by atoms with E-state index in [1.54, 1.807) is 0 Å². The maximum atomic E-state index is 3.19. The van der Waals surface area contributed by atoms with E-state index in [0.29, 0.717) is 0 Å². The average molecular weight is 282 g/mol. The zero-order valence-electron chi connectivity index (χ0n) is 7.66. The van der Waals surface area contributed by atoms with Crippen LogP contribution in [0.1, 0.15) is 20.3 Å². The van der Waals surface area contributed by atoms with Crippen molar-refractivity contribution in [3.05, 3.63) is 23.3 Å². The molecule has 2 radical (unpaired) electrons. The smallest absolute Gasteiger partial charge is 1.00 e. The third kappa shape index (κ3) is 7.45. The first-order valence-electron chi connectivity index (χ1n) is 2.55. The average Bonchev–Trinajstić information content (AvgIpc) is 1.91. The van der Waals surface area contributed by atoms with Crippen LogP contribution in [0.4, 0.5) is 0 Å². The van der Waals surface area contributed by atoms with E-state index >= 15 is 0 Å². The summed E-state index contributed by atoms with van der Waals surface area (Å²) in [5.41, 5.74) is 2.71. The van der Waals surface area contributed by atoms with Crippen molar-refractivity contribution < 1.29 is 38.6 Å². The molecule has 0 saturated carbocycles. The van der Waals surface area contributed by atoms with Crippen LogP contribution < -0.4 is 12.4 Å². The Kier molecular flexibility index (Phi) is 22.9. The zero-order valence-corrected chi connectivity index (χ0v) is 14.9. The van der Waals surface area contributed by atoms with Crippen molar-refractivity contribution in [2.24, 2.45) is 0 Å². The standard InChI is InChI=1S/C7H9.ClH.2H3Si.Zr/c1-6-4-3-5-7(6)2;;;;/h4H,3H2,1-2H3;1H;2*1H3;/q-1;;;;+2/p-1. The van der Waals surface area contributed by atoms with Crippen LogP contribution in [0, 0.1) is 6.08 Å². The Morgan fingerprint density at radius 3 is 1.82 bits per heavy atom. The van der Waals surface area contributed by atoms with Crippen LogP contribution in [0.5, 0.6) is 0 Å². The molecular weight excluding hydrogens is 267 g/mol. The molecule has 1 aliphatic carbocycles. The van der Waals surface area contributed by atoms with Crippen LogP contribution in [0.2, 0.25) is 0 Å². The van der Waals surface area contributed by atoms with Crippen molar-refractivity contribution in [3.63, 3.8) is 0 Å². The largest absolute Gasteiger partial charge is 2.00 e. The summed E-state index contributed by atoms with van der Waals surface area (Å²) in [6, 6.07) is 0. The monoisotopic (exact) mass is 280 g/mol. The number of allylic oxidation sites excluding steroid dienone is 4. The fourth-order valence-electron chi connectivity index (χ4n) is 0.650. The van der Waals surface area contributed by atoms with Crippen LogP contribution in [0.25, 0.3) is 0 Å². The van der Waals surface area contributed by atoms with Crippen LogP contribution in [-0.4, -0.2) is 21.9 Å². The molecule has 0 bridgehead atoms. The first-order valence-corrected chi connectivity index (χ1v) is 2.55. The fourth-order valence-corrected chi connectivity index (χ4v) is 0.650. The summed E-state index contributed by atoms with van der Waals surface area (Å²) >= 11 is 0. The van der Waals surface area contributed by atoms with Gasteiger partial charge in [0.2, 0.25) is 0 Å². The third-order valence-electron chi connectivity index (χ3n) is 1.37. The molecular formula is C7H15ClSi2Zr. The third-order valence-corrected chi connectivity index (χ3v) is 1.37. The SMILES string of the molecule is CC1=[C-]CC=C1C.[Cl-].[SiH3].[SiH3].[Zr+2]. The predicted octanol–water partition coefficient (Wildman–Crippen LogP) is -3.28. The van der Waals surface area contributed by atoms with E-state index in [4.69, 9.17) is 0 Å². The van der Waals surface area contributed by atoms with Gasteiger partial charge in [-0.2, -0.15) is 6.08 Å². The Hall–Kier alpha value is 1.09. The van der Waals surface area contributed by atoms with E-state index < -0.39 is 0 Å². The minimum Gasteiger partial charge on any atom is -1.00 e. The molecule has 0 unspecified atom stereocenters. The number of rotatable bonds is 0. The van der Waals surface area contributed by atoms with Gasteiger partial charge in [-0.05, 0) is 21.9 Å². The molecule has 0 nitrogen and oxygen atoms in total. The van der Waals surface area contributed by atoms with E-state index in [2.05, 4.69) is 26.0 Å². The van der Waals surface area contributed by atoms with Gasteiger partial charge in [0.25, 0.3) is 0 Å². The summed E-state index contributed by atoms with van der Waals surface area (Å²) < 4.78 is 0. The molecule has 0 atom stereocenters. The van der Waals surface area contributed by atoms with Crippen LogP contribution in [0.3, 0.4) is 0 Å². The van der Waals surface area contributed by atoms with Crippen LogP contribution >= 0.6 is 0 Å². The minimum atomic E-state index is 0. The van der Waals surface area contributed by atoms with Crippen molar-refractivity contribution >= 4 is 21.9 Å². The second-order valence-corrected chi connectivity index (χ2v) is 1.89. The molecule has 0 amide bonds. The number of hydrogen-bond donors (Lipinski definition) is 0. The first kappa shape index (κ1) is 22.7. The molecule has 0 aromatic heterocycles. The second kappa shape index (κ2) is 11.1. The van der Waals surface area contributed by atoms with Gasteiger partial charge in [-0.15, -0.1) is 13.3 Å². The van der Waals surface area contributed by atoms with Gasteiger partial charge in [0.05, 0.1) is 0 Å². The van der Waals surface area contributed by atoms with Gasteiger partial charge in [0.1, 0.15) is 0 Å². The summed E-state index contributed by atoms with van der Waals surface area (Å²) in [5, 5.41) is 0. The first-order chi connectivity index (χ1) is 3.30. The summed E-state index contributed by atoms with van der Waals surface area (Å²) in [6.07, 6.45) is 6.41. The van der Waals surface area contributed by atoms with Crippen LogP contribution in [0.15, 0.2) is 17.2 Å². The van der Waals surface area contributed by atoms with E-state index in [0.717, 1.165) is 6.42 Å². The molecule has 0 heterocycles. The summed E-state index contributed by atoms with van der Waals surface area (Å²) in [4.78, 5) is 0. The molecule has 0 N–H and O–H groups in total. The molecule has 0 aromatic carbocycles. The maximum Gasteiger partial charge on any atom is 2.00 e. The Morgan fingerprint density at radius 1 is 1.27 bits per heavy atom. The van der Waals surface area contributed by atoms with Crippen molar-refractivity contribution in [2.75, 3.05) is 0 Å². The topological polar surface area (TPSA) is 0 Å². The molecule has 62 valence electrons. The van der Waals surface area contributed by atoms with Gasteiger partial charge in [0.15, 0.2) is 0 Å². The molecule has 0 aliphatic heterocycles. The van der Waals surface area contributed by atoms with Gasteiger partial charge in [0, 0.05) is 0 Å². The van der Waals surface area contributed by atoms with E-state index in [1.165, 1.54) is 11.1 Å². The van der Waals surface area contributed by atoms with E-state index in [1.807, 2.05) is 0 Å². The van der Waals surface area contributed by atoms with Gasteiger partial charge >= 0.3 is 26.2 Å². The molecule has 1 rings (SSSR count). The van der Waals surface area contributed by atoms with Gasteiger partial charge in [-0.25, -0.2) is 11.1 Å². The molecule has 4 heteroatoms. The predicted molar refractivity (Wildman–Crippen MR) is 50.7 cm³/mol. The summed E-state index contributed by atoms with van der Waals surface area (Å²) in [5.74, 6) is 0. The minimum absolute atomic E-state index is 0. The summed E-state index contributed by atoms with van der Waals surface area (Å²) in [6.45, 7) is 4.22. The molecule has 0 saturated heterocycles. The van der Waals surface area contributed by atoms with Gasteiger partial charge < -0.3 is 12.4 Å². The Bertz CT molecular complexity index is 127. The Labute approximate surface area is 103 Å². The van der Waals surface area contributed by atoms with Crippen molar-refractivity contribution in [1.82, 2.24) is 0 Å². The van der Waals surface area contributed by atoms with Crippen molar-refractivity contribution in [3.8, 4) is 0 Å². The van der Waals surface area contributed by atoms with Gasteiger partial charge in [-0.3, -0.25) is 6.08 Å². The molecule has 11 heavy (non-hydrogen) atoms. The molecule has 0 spiro atoms. The quantitative estimate of drug-likeness (QED) is 0.323. The Balaban J connectivity index is -0.0000000612. The fraction of sp³-hybridized carbons (Fsp3) is 0.429. The zero-order chi connectivity index (χ0) is 5.28. The normalized spacial score (nSPS) is 12.2. The van der Waals surface area contributed by atoms with Gasteiger partial charge in [-0.1, -0.05) is 6.92 Å². The molecule has 1 aliphatic rings.